The molecule has 12 nitrogen and oxygen atoms in total. The lowest BCUT2D eigenvalue weighted by atomic mass is 10.0. The van der Waals surface area contributed by atoms with E-state index in [4.69, 9.17) is 19.4 Å². The maximum absolute atomic E-state index is 9.92. The largest absolute Gasteiger partial charge is 0.473 e. The van der Waals surface area contributed by atoms with Crippen molar-refractivity contribution >= 4 is 76.6 Å². The molecule has 2 unspecified atom stereocenters. The SMILES string of the molecule is CCCC(CO)Nc1nc(SSc2nc(NC(CO)CC(C)C)c3sc(OC)nc3n2)nc2nc(OC)sc12. The van der Waals surface area contributed by atoms with Gasteiger partial charge in [0.2, 0.25) is 10.3 Å². The minimum absolute atomic E-state index is 0.0150. The standard InChI is InChI=1S/C23H32N8O4S4/c1-6-7-12(9-32)24-16-14-18(30-22(34-4)36-14)28-20(26-16)38-39-21-27-17(25-13(10-33)8-11(2)3)15-19(29-21)31-23(35-5)37-15/h11-13,32-33H,6-10H2,1-5H3,(H,24,26,28)(H,25,27,29). The predicted molar refractivity (Wildman–Crippen MR) is 159 cm³/mol. The lowest BCUT2D eigenvalue weighted by Gasteiger charge is -2.19. The molecule has 0 aliphatic rings. The fourth-order valence-electron chi connectivity index (χ4n) is 3.78. The molecule has 0 amide bonds. The number of aliphatic hydroxyl groups excluding tert-OH is 2. The molecule has 4 aromatic heterocycles. The van der Waals surface area contributed by atoms with Crippen LogP contribution < -0.4 is 20.1 Å². The number of aromatic nitrogens is 6. The molecule has 0 saturated heterocycles. The van der Waals surface area contributed by atoms with Crippen LogP contribution in [0.5, 0.6) is 10.4 Å². The Morgan fingerprint density at radius 1 is 0.769 bits per heavy atom. The fraction of sp³-hybridized carbons (Fsp3) is 0.565. The van der Waals surface area contributed by atoms with Crippen LogP contribution in [0.3, 0.4) is 0 Å². The van der Waals surface area contributed by atoms with Gasteiger partial charge in [-0.2, -0.15) is 9.97 Å². The van der Waals surface area contributed by atoms with Crippen molar-refractivity contribution < 1.29 is 19.7 Å². The average Bonchev–Trinajstić information content (AvgIpc) is 3.55. The van der Waals surface area contributed by atoms with E-state index in [1.54, 1.807) is 14.2 Å². The van der Waals surface area contributed by atoms with Gasteiger partial charge in [-0.05, 0) is 40.3 Å². The molecule has 0 saturated carbocycles. The Balaban J connectivity index is 1.63. The van der Waals surface area contributed by atoms with Gasteiger partial charge in [-0.15, -0.1) is 0 Å². The lowest BCUT2D eigenvalue weighted by molar-refractivity contribution is 0.259. The molecule has 212 valence electrons. The van der Waals surface area contributed by atoms with Crippen molar-refractivity contribution in [3.05, 3.63) is 0 Å². The van der Waals surface area contributed by atoms with Crippen molar-refractivity contribution in [1.29, 1.82) is 0 Å². The van der Waals surface area contributed by atoms with E-state index in [-0.39, 0.29) is 25.3 Å². The summed E-state index contributed by atoms with van der Waals surface area (Å²) < 4.78 is 12.2. The molecule has 39 heavy (non-hydrogen) atoms. The molecule has 0 aromatic carbocycles. The number of fused-ring (bicyclic) bond motifs is 2. The highest BCUT2D eigenvalue weighted by Gasteiger charge is 2.20. The molecule has 0 radical (unpaired) electrons. The van der Waals surface area contributed by atoms with Gasteiger partial charge in [-0.25, -0.2) is 19.9 Å². The molecule has 0 aliphatic carbocycles. The molecule has 4 aromatic rings. The zero-order valence-corrected chi connectivity index (χ0v) is 25.6. The van der Waals surface area contributed by atoms with E-state index in [0.29, 0.717) is 49.5 Å². The van der Waals surface area contributed by atoms with E-state index >= 15 is 0 Å². The smallest absolute Gasteiger partial charge is 0.275 e. The highest BCUT2D eigenvalue weighted by atomic mass is 33.1. The second kappa shape index (κ2) is 13.9. The number of thiazole rings is 2. The number of nitrogens with zero attached hydrogens (tertiary/aromatic N) is 6. The second-order valence-corrected chi connectivity index (χ2v) is 13.0. The number of anilines is 2. The maximum atomic E-state index is 9.92. The van der Waals surface area contributed by atoms with Gasteiger partial charge >= 0.3 is 0 Å². The third-order valence-corrected chi connectivity index (χ3v) is 9.40. The molecular formula is C23H32N8O4S4. The molecule has 0 aliphatic heterocycles. The molecule has 0 fully saturated rings. The van der Waals surface area contributed by atoms with Crippen LogP contribution >= 0.6 is 44.3 Å². The first-order valence-corrected chi connectivity index (χ1v) is 16.2. The quantitative estimate of drug-likeness (QED) is 0.108. The summed E-state index contributed by atoms with van der Waals surface area (Å²) in [6, 6.07) is -0.306. The van der Waals surface area contributed by atoms with Crippen molar-refractivity contribution in [2.45, 2.75) is 62.4 Å². The summed E-state index contributed by atoms with van der Waals surface area (Å²) >= 11 is 2.69. The minimum atomic E-state index is -0.164. The summed E-state index contributed by atoms with van der Waals surface area (Å²) in [7, 11) is 5.71. The second-order valence-electron chi connectivity index (χ2n) is 9.02. The number of ether oxygens (including phenoxy) is 2. The number of aliphatic hydroxyl groups is 2. The summed E-state index contributed by atoms with van der Waals surface area (Å²) in [6.45, 7) is 6.24. The highest BCUT2D eigenvalue weighted by Crippen LogP contribution is 2.40. The molecule has 0 bridgehead atoms. The zero-order chi connectivity index (χ0) is 27.9. The Morgan fingerprint density at radius 2 is 1.26 bits per heavy atom. The highest BCUT2D eigenvalue weighted by molar-refractivity contribution is 8.76. The van der Waals surface area contributed by atoms with Crippen molar-refractivity contribution in [1.82, 2.24) is 29.9 Å². The van der Waals surface area contributed by atoms with Gasteiger partial charge in [-0.3, -0.25) is 0 Å². The Bertz CT molecular complexity index is 1390. The number of hydrogen-bond acceptors (Lipinski definition) is 16. The molecule has 2 atom stereocenters. The summed E-state index contributed by atoms with van der Waals surface area (Å²) in [4.78, 5) is 27.6. The van der Waals surface area contributed by atoms with Crippen LogP contribution in [0.1, 0.15) is 40.0 Å². The topological polar surface area (TPSA) is 160 Å². The Kier molecular flexibility index (Phi) is 10.6. The first-order valence-electron chi connectivity index (χ1n) is 12.4. The van der Waals surface area contributed by atoms with Gasteiger partial charge in [0.1, 0.15) is 9.40 Å². The van der Waals surface area contributed by atoms with Crippen LogP contribution in [0.15, 0.2) is 10.3 Å². The predicted octanol–water partition coefficient (Wildman–Crippen LogP) is 4.69. The monoisotopic (exact) mass is 612 g/mol. The first-order chi connectivity index (χ1) is 18.9. The van der Waals surface area contributed by atoms with Gasteiger partial charge in [0, 0.05) is 0 Å². The van der Waals surface area contributed by atoms with E-state index < -0.39 is 0 Å². The van der Waals surface area contributed by atoms with Crippen molar-refractivity contribution in [3.63, 3.8) is 0 Å². The lowest BCUT2D eigenvalue weighted by Crippen LogP contribution is -2.26. The van der Waals surface area contributed by atoms with Crippen LogP contribution in [0.2, 0.25) is 0 Å². The van der Waals surface area contributed by atoms with E-state index in [1.165, 1.54) is 44.3 Å². The number of rotatable bonds is 15. The van der Waals surface area contributed by atoms with E-state index in [2.05, 4.69) is 51.3 Å². The van der Waals surface area contributed by atoms with Gasteiger partial charge in [0.05, 0.1) is 39.5 Å². The van der Waals surface area contributed by atoms with Gasteiger partial charge in [0.25, 0.3) is 10.4 Å². The molecule has 4 N–H and O–H groups in total. The van der Waals surface area contributed by atoms with Crippen LogP contribution in [0, 0.1) is 5.92 Å². The third-order valence-electron chi connectivity index (χ3n) is 5.48. The molecular weight excluding hydrogens is 581 g/mol. The van der Waals surface area contributed by atoms with Crippen LogP contribution in [-0.4, -0.2) is 79.6 Å². The Morgan fingerprint density at radius 3 is 1.67 bits per heavy atom. The third kappa shape index (κ3) is 7.49. The number of methoxy groups -OCH3 is 2. The minimum Gasteiger partial charge on any atom is -0.473 e. The summed E-state index contributed by atoms with van der Waals surface area (Å²) in [5, 5.41) is 28.3. The van der Waals surface area contributed by atoms with Crippen LogP contribution in [0.4, 0.5) is 11.6 Å². The van der Waals surface area contributed by atoms with Crippen molar-refractivity contribution in [2.24, 2.45) is 5.92 Å². The van der Waals surface area contributed by atoms with Gasteiger partial charge in [0.15, 0.2) is 22.9 Å². The van der Waals surface area contributed by atoms with E-state index in [0.717, 1.165) is 28.7 Å². The number of nitrogens with one attached hydrogen (secondary N) is 2. The zero-order valence-electron chi connectivity index (χ0n) is 22.3. The molecule has 16 heteroatoms. The van der Waals surface area contributed by atoms with Gasteiger partial charge in [-0.1, -0.05) is 49.9 Å². The molecule has 4 rings (SSSR count). The van der Waals surface area contributed by atoms with Crippen molar-refractivity contribution in [2.75, 3.05) is 38.1 Å². The van der Waals surface area contributed by atoms with Gasteiger partial charge < -0.3 is 30.3 Å². The van der Waals surface area contributed by atoms with E-state index in [1.807, 2.05) is 0 Å². The summed E-state index contributed by atoms with van der Waals surface area (Å²) in [5.74, 6) is 1.59. The Hall–Kier alpha value is -2.24. The van der Waals surface area contributed by atoms with E-state index in [9.17, 15) is 10.2 Å². The van der Waals surface area contributed by atoms with Crippen LogP contribution in [-0.2, 0) is 0 Å². The van der Waals surface area contributed by atoms with Crippen LogP contribution in [0.25, 0.3) is 20.7 Å². The maximum Gasteiger partial charge on any atom is 0.275 e. The fourth-order valence-corrected chi connectivity index (χ4v) is 6.88. The Labute approximate surface area is 242 Å². The summed E-state index contributed by atoms with van der Waals surface area (Å²) in [5.41, 5.74) is 1.01. The molecule has 4 heterocycles. The normalized spacial score (nSPS) is 13.2. The summed E-state index contributed by atoms with van der Waals surface area (Å²) in [6.07, 6.45) is 2.49. The van der Waals surface area contributed by atoms with Crippen molar-refractivity contribution in [3.8, 4) is 10.4 Å². The average molecular weight is 613 g/mol. The first kappa shape index (κ1) is 29.7. The molecule has 0 spiro atoms. The number of hydrogen-bond donors (Lipinski definition) is 4.